The molecule has 5 nitrogen and oxygen atoms in total. The Labute approximate surface area is 147 Å². The van der Waals surface area contributed by atoms with Crippen molar-refractivity contribution < 1.29 is 9.53 Å². The van der Waals surface area contributed by atoms with Gasteiger partial charge < -0.3 is 10.1 Å². The molecule has 1 heterocycles. The normalized spacial score (nSPS) is 10.3. The minimum absolute atomic E-state index is 0.187. The zero-order valence-corrected chi connectivity index (χ0v) is 14.5. The summed E-state index contributed by atoms with van der Waals surface area (Å²) in [4.78, 5) is 12.3. The summed E-state index contributed by atoms with van der Waals surface area (Å²) in [7, 11) is 1.62. The number of hydrogen-bond donors (Lipinski definition) is 2. The third-order valence-electron chi connectivity index (χ3n) is 3.34. The van der Waals surface area contributed by atoms with Crippen molar-refractivity contribution in [2.24, 2.45) is 0 Å². The largest absolute Gasteiger partial charge is 0.496 e. The van der Waals surface area contributed by atoms with Gasteiger partial charge in [-0.05, 0) is 46.9 Å². The second-order valence-corrected chi connectivity index (χ2v) is 5.96. The molecule has 6 heteroatoms. The lowest BCUT2D eigenvalue weighted by atomic mass is 10.1. The Hall–Kier alpha value is -2.35. The highest BCUT2D eigenvalue weighted by Gasteiger charge is 2.13. The van der Waals surface area contributed by atoms with E-state index in [1.54, 1.807) is 19.2 Å². The van der Waals surface area contributed by atoms with Gasteiger partial charge in [-0.2, -0.15) is 5.10 Å². The van der Waals surface area contributed by atoms with E-state index < -0.39 is 0 Å². The highest BCUT2D eigenvalue weighted by atomic mass is 127. The van der Waals surface area contributed by atoms with Gasteiger partial charge in [0.15, 0.2) is 5.82 Å². The summed E-state index contributed by atoms with van der Waals surface area (Å²) in [5.41, 5.74) is 2.28. The molecular weight excluding hydrogens is 405 g/mol. The van der Waals surface area contributed by atoms with Crippen LogP contribution in [0.1, 0.15) is 10.4 Å². The van der Waals surface area contributed by atoms with Crippen molar-refractivity contribution >= 4 is 34.3 Å². The fraction of sp³-hybridized carbons (Fsp3) is 0.0588. The second kappa shape index (κ2) is 6.82. The van der Waals surface area contributed by atoms with Gasteiger partial charge in [0, 0.05) is 15.2 Å². The van der Waals surface area contributed by atoms with E-state index in [4.69, 9.17) is 4.74 Å². The van der Waals surface area contributed by atoms with Crippen LogP contribution in [-0.2, 0) is 0 Å². The number of H-pyrrole nitrogens is 1. The van der Waals surface area contributed by atoms with Gasteiger partial charge in [-0.3, -0.25) is 9.89 Å². The molecule has 0 saturated heterocycles. The van der Waals surface area contributed by atoms with Crippen LogP contribution in [0.3, 0.4) is 0 Å². The first-order valence-corrected chi connectivity index (χ1v) is 8.01. The Morgan fingerprint density at radius 3 is 2.70 bits per heavy atom. The van der Waals surface area contributed by atoms with Crippen molar-refractivity contribution in [3.05, 3.63) is 63.7 Å². The number of amides is 1. The molecule has 2 aromatic carbocycles. The summed E-state index contributed by atoms with van der Waals surface area (Å²) in [6, 6.07) is 16.8. The van der Waals surface area contributed by atoms with Crippen molar-refractivity contribution in [2.45, 2.75) is 0 Å². The number of benzene rings is 2. The minimum Gasteiger partial charge on any atom is -0.496 e. The van der Waals surface area contributed by atoms with Gasteiger partial charge in [-0.1, -0.05) is 24.3 Å². The van der Waals surface area contributed by atoms with Crippen molar-refractivity contribution in [3.63, 3.8) is 0 Å². The number of methoxy groups -OCH3 is 1. The van der Waals surface area contributed by atoms with E-state index in [2.05, 4.69) is 38.1 Å². The first-order chi connectivity index (χ1) is 11.2. The number of aromatic amines is 1. The number of ether oxygens (including phenoxy) is 1. The monoisotopic (exact) mass is 419 g/mol. The molecule has 0 aliphatic carbocycles. The van der Waals surface area contributed by atoms with E-state index in [0.29, 0.717) is 11.4 Å². The minimum atomic E-state index is -0.187. The molecule has 1 amide bonds. The standard InChI is InChI=1S/C17H14IN3O2/c1-23-15-9-5-3-7-12(15)14-10-16(21-20-14)19-17(22)11-6-2-4-8-13(11)18/h2-10H,1H3,(H2,19,20,21,22). The van der Waals surface area contributed by atoms with Crippen LogP contribution in [0.2, 0.25) is 0 Å². The molecule has 0 fully saturated rings. The van der Waals surface area contributed by atoms with Gasteiger partial charge in [-0.25, -0.2) is 0 Å². The highest BCUT2D eigenvalue weighted by molar-refractivity contribution is 14.1. The van der Waals surface area contributed by atoms with Gasteiger partial charge in [0.1, 0.15) is 5.75 Å². The van der Waals surface area contributed by atoms with Crippen LogP contribution in [0, 0.1) is 3.57 Å². The topological polar surface area (TPSA) is 67.0 Å². The van der Waals surface area contributed by atoms with E-state index in [9.17, 15) is 4.79 Å². The van der Waals surface area contributed by atoms with E-state index in [-0.39, 0.29) is 5.91 Å². The van der Waals surface area contributed by atoms with Gasteiger partial charge in [0.25, 0.3) is 5.91 Å². The average Bonchev–Trinajstić information content (AvgIpc) is 3.03. The zero-order chi connectivity index (χ0) is 16.2. The lowest BCUT2D eigenvalue weighted by Crippen LogP contribution is -2.13. The third-order valence-corrected chi connectivity index (χ3v) is 4.28. The van der Waals surface area contributed by atoms with Crippen LogP contribution in [0.25, 0.3) is 11.3 Å². The number of hydrogen-bond acceptors (Lipinski definition) is 3. The maximum atomic E-state index is 12.3. The first kappa shape index (κ1) is 15.5. The molecule has 1 aromatic heterocycles. The summed E-state index contributed by atoms with van der Waals surface area (Å²) >= 11 is 2.14. The van der Waals surface area contributed by atoms with E-state index in [1.807, 2.05) is 42.5 Å². The van der Waals surface area contributed by atoms with E-state index >= 15 is 0 Å². The molecule has 0 bridgehead atoms. The quantitative estimate of drug-likeness (QED) is 0.630. The maximum Gasteiger partial charge on any atom is 0.257 e. The molecule has 0 unspecified atom stereocenters. The number of anilines is 1. The zero-order valence-electron chi connectivity index (χ0n) is 12.3. The van der Waals surface area contributed by atoms with E-state index in [0.717, 1.165) is 20.6 Å². The van der Waals surface area contributed by atoms with Crippen LogP contribution >= 0.6 is 22.6 Å². The summed E-state index contributed by atoms with van der Waals surface area (Å²) in [5, 5.41) is 9.87. The van der Waals surface area contributed by atoms with Gasteiger partial charge in [0.2, 0.25) is 0 Å². The van der Waals surface area contributed by atoms with Crippen LogP contribution in [-0.4, -0.2) is 23.2 Å². The summed E-state index contributed by atoms with van der Waals surface area (Å²) < 4.78 is 6.23. The Balaban J connectivity index is 1.83. The molecule has 0 aliphatic heterocycles. The Morgan fingerprint density at radius 2 is 1.91 bits per heavy atom. The smallest absolute Gasteiger partial charge is 0.257 e. The van der Waals surface area contributed by atoms with Gasteiger partial charge >= 0.3 is 0 Å². The van der Waals surface area contributed by atoms with E-state index in [1.165, 1.54) is 0 Å². The summed E-state index contributed by atoms with van der Waals surface area (Å²) in [6.07, 6.45) is 0. The number of carbonyl (C=O) groups excluding carboxylic acids is 1. The van der Waals surface area contributed by atoms with Crippen molar-refractivity contribution in [1.29, 1.82) is 0 Å². The number of rotatable bonds is 4. The van der Waals surface area contributed by atoms with Crippen LogP contribution < -0.4 is 10.1 Å². The number of nitrogens with one attached hydrogen (secondary N) is 2. The number of halogens is 1. The fourth-order valence-corrected chi connectivity index (χ4v) is 2.85. The molecular formula is C17H14IN3O2. The summed E-state index contributed by atoms with van der Waals surface area (Å²) in [5.74, 6) is 1.02. The first-order valence-electron chi connectivity index (χ1n) is 6.93. The highest BCUT2D eigenvalue weighted by Crippen LogP contribution is 2.29. The van der Waals surface area contributed by atoms with Crippen molar-refractivity contribution in [1.82, 2.24) is 10.2 Å². The number of para-hydroxylation sites is 1. The Morgan fingerprint density at radius 1 is 1.17 bits per heavy atom. The molecule has 3 aromatic rings. The lowest BCUT2D eigenvalue weighted by Gasteiger charge is -2.05. The molecule has 116 valence electrons. The number of aromatic nitrogens is 2. The van der Waals surface area contributed by atoms with Gasteiger partial charge in [0.05, 0.1) is 18.4 Å². The average molecular weight is 419 g/mol. The summed E-state index contributed by atoms with van der Waals surface area (Å²) in [6.45, 7) is 0. The second-order valence-electron chi connectivity index (χ2n) is 4.80. The van der Waals surface area contributed by atoms with Crippen LogP contribution in [0.15, 0.2) is 54.6 Å². The number of nitrogens with zero attached hydrogens (tertiary/aromatic N) is 1. The molecule has 0 aliphatic rings. The Bertz CT molecular complexity index is 845. The van der Waals surface area contributed by atoms with Crippen molar-refractivity contribution in [3.8, 4) is 17.0 Å². The maximum absolute atomic E-state index is 12.3. The van der Waals surface area contributed by atoms with Crippen molar-refractivity contribution in [2.75, 3.05) is 12.4 Å². The fourth-order valence-electron chi connectivity index (χ4n) is 2.22. The predicted molar refractivity (Wildman–Crippen MR) is 97.7 cm³/mol. The lowest BCUT2D eigenvalue weighted by molar-refractivity contribution is 0.102. The Kier molecular flexibility index (Phi) is 4.61. The van der Waals surface area contributed by atoms with Crippen LogP contribution in [0.5, 0.6) is 5.75 Å². The van der Waals surface area contributed by atoms with Gasteiger partial charge in [-0.15, -0.1) is 0 Å². The molecule has 3 rings (SSSR count). The molecule has 2 N–H and O–H groups in total. The molecule has 0 spiro atoms. The predicted octanol–water partition coefficient (Wildman–Crippen LogP) is 3.94. The molecule has 23 heavy (non-hydrogen) atoms. The number of carbonyl (C=O) groups is 1. The molecule has 0 saturated carbocycles. The third kappa shape index (κ3) is 3.37. The molecule has 0 radical (unpaired) electrons. The SMILES string of the molecule is COc1ccccc1-c1cc(NC(=O)c2ccccc2I)n[nH]1. The van der Waals surface area contributed by atoms with Crippen LogP contribution in [0.4, 0.5) is 5.82 Å². The molecule has 0 atom stereocenters.